The van der Waals surface area contributed by atoms with Gasteiger partial charge in [-0.25, -0.2) is 4.68 Å². The average molecular weight is 353 g/mol. The van der Waals surface area contributed by atoms with Crippen molar-refractivity contribution in [1.29, 1.82) is 0 Å². The van der Waals surface area contributed by atoms with Crippen LogP contribution < -0.4 is 10.2 Å². The lowest BCUT2D eigenvalue weighted by molar-refractivity contribution is 0.0563. The van der Waals surface area contributed by atoms with Crippen molar-refractivity contribution in [2.45, 2.75) is 20.0 Å². The molecule has 0 fully saturated rings. The van der Waals surface area contributed by atoms with E-state index in [1.807, 2.05) is 43.3 Å². The topological polar surface area (TPSA) is 33.1 Å². The molecule has 22 heavy (non-hydrogen) atoms. The van der Waals surface area contributed by atoms with E-state index in [-0.39, 0.29) is 24.8 Å². The van der Waals surface area contributed by atoms with Crippen molar-refractivity contribution >= 4 is 36.2 Å². The summed E-state index contributed by atoms with van der Waals surface area (Å²) in [6.07, 6.45) is 1.33. The Hall–Kier alpha value is -1.53. The van der Waals surface area contributed by atoms with E-state index in [4.69, 9.17) is 0 Å². The number of benzene rings is 1. The summed E-state index contributed by atoms with van der Waals surface area (Å²) in [6, 6.07) is 8.06. The summed E-state index contributed by atoms with van der Waals surface area (Å²) < 4.78 is 25.7. The van der Waals surface area contributed by atoms with Gasteiger partial charge in [0.05, 0.1) is 17.6 Å². The van der Waals surface area contributed by atoms with Gasteiger partial charge in [-0.05, 0) is 24.6 Å². The first-order chi connectivity index (χ1) is 9.47. The maximum Gasteiger partial charge on any atom is 0.333 e. The summed E-state index contributed by atoms with van der Waals surface area (Å²) in [5, 5.41) is 6.88. The van der Waals surface area contributed by atoms with E-state index in [2.05, 4.69) is 10.4 Å². The fourth-order valence-corrected chi connectivity index (χ4v) is 1.86. The summed E-state index contributed by atoms with van der Waals surface area (Å²) >= 11 is 0. The highest BCUT2D eigenvalue weighted by molar-refractivity contribution is 5.85. The molecule has 1 aromatic carbocycles. The third kappa shape index (κ3) is 5.03. The third-order valence-electron chi connectivity index (χ3n) is 3.05. The number of anilines is 2. The molecule has 0 aliphatic heterocycles. The highest BCUT2D eigenvalue weighted by Crippen LogP contribution is 2.19. The number of hydrogen-bond donors (Lipinski definition) is 1. The highest BCUT2D eigenvalue weighted by Gasteiger charge is 2.10. The highest BCUT2D eigenvalue weighted by atomic mass is 35.5. The third-order valence-corrected chi connectivity index (χ3v) is 3.05. The Morgan fingerprint density at radius 2 is 1.77 bits per heavy atom. The Morgan fingerprint density at radius 3 is 2.23 bits per heavy atom. The number of hydrogen-bond acceptors (Lipinski definition) is 3. The minimum Gasteiger partial charge on any atom is -0.378 e. The second kappa shape index (κ2) is 8.80. The fourth-order valence-electron chi connectivity index (χ4n) is 1.86. The fraction of sp³-hybridized carbons (Fsp3) is 0.357. The molecule has 1 aromatic heterocycles. The lowest BCUT2D eigenvalue weighted by Gasteiger charge is -2.13. The molecule has 1 heterocycles. The molecule has 124 valence electrons. The number of rotatable bonds is 5. The van der Waals surface area contributed by atoms with Gasteiger partial charge in [-0.15, -0.1) is 24.8 Å². The largest absolute Gasteiger partial charge is 0.378 e. The van der Waals surface area contributed by atoms with Crippen LogP contribution >= 0.6 is 24.8 Å². The molecule has 0 atom stereocenters. The van der Waals surface area contributed by atoms with E-state index >= 15 is 0 Å². The molecular weight excluding hydrogens is 333 g/mol. The smallest absolute Gasteiger partial charge is 0.333 e. The van der Waals surface area contributed by atoms with Crippen molar-refractivity contribution in [3.8, 4) is 0 Å². The van der Waals surface area contributed by atoms with Crippen molar-refractivity contribution in [1.82, 2.24) is 9.78 Å². The van der Waals surface area contributed by atoms with Gasteiger partial charge in [0.15, 0.2) is 0 Å². The van der Waals surface area contributed by atoms with Crippen LogP contribution in [0.15, 0.2) is 30.5 Å². The SMILES string of the molecule is Cc1nn(C(F)F)cc1NCc1ccc(N(C)C)cc1.Cl.Cl. The molecule has 0 spiro atoms. The zero-order chi connectivity index (χ0) is 14.7. The molecule has 0 saturated carbocycles. The Balaban J connectivity index is 0.00000220. The van der Waals surface area contributed by atoms with Gasteiger partial charge in [-0.3, -0.25) is 0 Å². The predicted octanol–water partition coefficient (Wildman–Crippen LogP) is 4.11. The van der Waals surface area contributed by atoms with Crippen LogP contribution in [-0.2, 0) is 6.54 Å². The van der Waals surface area contributed by atoms with Crippen LogP contribution in [0.4, 0.5) is 20.2 Å². The van der Waals surface area contributed by atoms with Gasteiger partial charge in [0.2, 0.25) is 0 Å². The lowest BCUT2D eigenvalue weighted by atomic mass is 10.2. The van der Waals surface area contributed by atoms with Crippen molar-refractivity contribution in [3.63, 3.8) is 0 Å². The zero-order valence-electron chi connectivity index (χ0n) is 12.6. The maximum absolute atomic E-state index is 12.5. The molecule has 0 bridgehead atoms. The number of aromatic nitrogens is 2. The molecule has 0 aliphatic carbocycles. The van der Waals surface area contributed by atoms with E-state index in [9.17, 15) is 8.78 Å². The van der Waals surface area contributed by atoms with Gasteiger partial charge in [0, 0.05) is 26.3 Å². The van der Waals surface area contributed by atoms with E-state index in [0.29, 0.717) is 22.6 Å². The minimum atomic E-state index is -2.61. The second-order valence-corrected chi connectivity index (χ2v) is 4.80. The van der Waals surface area contributed by atoms with Crippen LogP contribution in [0.3, 0.4) is 0 Å². The maximum atomic E-state index is 12.5. The van der Waals surface area contributed by atoms with Crippen LogP contribution in [0, 0.1) is 6.92 Å². The minimum absolute atomic E-state index is 0. The van der Waals surface area contributed by atoms with E-state index in [1.165, 1.54) is 6.20 Å². The molecule has 1 N–H and O–H groups in total. The van der Waals surface area contributed by atoms with Crippen molar-refractivity contribution in [3.05, 3.63) is 41.7 Å². The van der Waals surface area contributed by atoms with Gasteiger partial charge >= 0.3 is 6.55 Å². The first-order valence-corrected chi connectivity index (χ1v) is 6.31. The first kappa shape index (κ1) is 20.5. The van der Waals surface area contributed by atoms with Gasteiger partial charge in [-0.1, -0.05) is 12.1 Å². The summed E-state index contributed by atoms with van der Waals surface area (Å²) in [5.41, 5.74) is 3.40. The normalized spacial score (nSPS) is 9.91. The molecule has 8 heteroatoms. The molecule has 0 saturated heterocycles. The number of alkyl halides is 2. The Morgan fingerprint density at radius 1 is 1.18 bits per heavy atom. The molecule has 4 nitrogen and oxygen atoms in total. The first-order valence-electron chi connectivity index (χ1n) is 6.31. The summed E-state index contributed by atoms with van der Waals surface area (Å²) in [4.78, 5) is 2.02. The summed E-state index contributed by atoms with van der Waals surface area (Å²) in [5.74, 6) is 0. The number of halogens is 4. The van der Waals surface area contributed by atoms with E-state index in [0.717, 1.165) is 11.3 Å². The summed E-state index contributed by atoms with van der Waals surface area (Å²) in [6.45, 7) is -0.330. The van der Waals surface area contributed by atoms with Crippen molar-refractivity contribution < 1.29 is 8.78 Å². The van der Waals surface area contributed by atoms with Gasteiger partial charge < -0.3 is 10.2 Å². The average Bonchev–Trinajstić information content (AvgIpc) is 2.78. The quantitative estimate of drug-likeness (QED) is 0.878. The molecular formula is C14H20Cl2F2N4. The Kier molecular flexibility index (Phi) is 8.19. The van der Waals surface area contributed by atoms with Gasteiger partial charge in [0.25, 0.3) is 0 Å². The van der Waals surface area contributed by atoms with Gasteiger partial charge in [0.1, 0.15) is 0 Å². The predicted molar refractivity (Wildman–Crippen MR) is 90.8 cm³/mol. The molecule has 0 unspecified atom stereocenters. The molecule has 0 radical (unpaired) electrons. The van der Waals surface area contributed by atoms with E-state index in [1.54, 1.807) is 6.92 Å². The van der Waals surface area contributed by atoms with Crippen LogP contribution in [0.1, 0.15) is 17.8 Å². The zero-order valence-corrected chi connectivity index (χ0v) is 14.2. The number of nitrogens with one attached hydrogen (secondary N) is 1. The number of aryl methyl sites for hydroxylation is 1. The van der Waals surface area contributed by atoms with Crippen LogP contribution in [0.5, 0.6) is 0 Å². The van der Waals surface area contributed by atoms with Gasteiger partial charge in [-0.2, -0.15) is 13.9 Å². The van der Waals surface area contributed by atoms with Crippen LogP contribution in [-0.4, -0.2) is 23.9 Å². The lowest BCUT2D eigenvalue weighted by Crippen LogP contribution is -2.08. The second-order valence-electron chi connectivity index (χ2n) is 4.80. The molecule has 0 amide bonds. The van der Waals surface area contributed by atoms with Crippen molar-refractivity contribution in [2.24, 2.45) is 0 Å². The Bertz CT molecular complexity index is 571. The monoisotopic (exact) mass is 352 g/mol. The van der Waals surface area contributed by atoms with Crippen molar-refractivity contribution in [2.75, 3.05) is 24.3 Å². The van der Waals surface area contributed by atoms with Crippen LogP contribution in [0.2, 0.25) is 0 Å². The van der Waals surface area contributed by atoms with E-state index < -0.39 is 6.55 Å². The summed E-state index contributed by atoms with van der Waals surface area (Å²) in [7, 11) is 3.96. The standard InChI is InChI=1S/C14H18F2N4.2ClH/c1-10-13(9-20(18-10)14(15)16)17-8-11-4-6-12(7-5-11)19(2)3;;/h4-7,9,14,17H,8H2,1-3H3;2*1H. The molecule has 0 aliphatic rings. The Labute approximate surface area is 141 Å². The molecule has 2 rings (SSSR count). The molecule has 2 aromatic rings. The van der Waals surface area contributed by atoms with Crippen LogP contribution in [0.25, 0.3) is 0 Å². The number of nitrogens with zero attached hydrogens (tertiary/aromatic N) is 3.